The Kier molecular flexibility index (Phi) is 55.4. The molecule has 0 aliphatic heterocycles. The molecular formula is C64H124O6. The minimum atomic E-state index is -0.762. The van der Waals surface area contributed by atoms with E-state index in [9.17, 15) is 14.4 Å². The lowest BCUT2D eigenvalue weighted by Gasteiger charge is -2.18. The third-order valence-corrected chi connectivity index (χ3v) is 15.1. The summed E-state index contributed by atoms with van der Waals surface area (Å²) < 4.78 is 16.9. The fourth-order valence-corrected chi connectivity index (χ4v) is 9.90. The molecule has 0 saturated heterocycles. The fourth-order valence-electron chi connectivity index (χ4n) is 9.90. The van der Waals surface area contributed by atoms with Gasteiger partial charge in [-0.05, 0) is 31.1 Å². The molecule has 0 radical (unpaired) electrons. The van der Waals surface area contributed by atoms with Gasteiger partial charge in [0.25, 0.3) is 0 Å². The molecule has 0 aromatic carbocycles. The van der Waals surface area contributed by atoms with Crippen LogP contribution in [-0.2, 0) is 28.6 Å². The molecule has 6 heteroatoms. The summed E-state index contributed by atoms with van der Waals surface area (Å²) >= 11 is 0. The van der Waals surface area contributed by atoms with Crippen molar-refractivity contribution in [1.82, 2.24) is 0 Å². The second kappa shape index (κ2) is 56.7. The summed E-state index contributed by atoms with van der Waals surface area (Å²) in [6, 6.07) is 0. The van der Waals surface area contributed by atoms with Crippen LogP contribution in [0.2, 0.25) is 0 Å². The number of unbranched alkanes of at least 4 members (excludes halogenated alkanes) is 42. The highest BCUT2D eigenvalue weighted by Crippen LogP contribution is 2.19. The van der Waals surface area contributed by atoms with E-state index in [1.54, 1.807) is 0 Å². The van der Waals surface area contributed by atoms with Gasteiger partial charge in [0, 0.05) is 19.3 Å². The Morgan fingerprint density at radius 1 is 0.300 bits per heavy atom. The molecule has 0 spiro atoms. The molecule has 2 atom stereocenters. The Labute approximate surface area is 438 Å². The molecule has 0 N–H and O–H groups in total. The van der Waals surface area contributed by atoms with Crippen LogP contribution in [0.15, 0.2) is 0 Å². The average Bonchev–Trinajstić information content (AvgIpc) is 3.35. The summed E-state index contributed by atoms with van der Waals surface area (Å²) in [6.45, 7) is 11.5. The van der Waals surface area contributed by atoms with Crippen molar-refractivity contribution in [2.24, 2.45) is 11.8 Å². The standard InChI is InChI=1S/C64H124O6/c1-6-8-9-10-11-32-39-44-49-54-62(65)68-57-61(58-69-63(66)55-50-45-40-35-30-26-22-18-14-12-16-20-24-28-33-37-42-47-52-59(3)4)70-64(67)56-51-46-41-36-31-27-23-19-15-13-17-21-25-29-34-38-43-48-53-60(5)7-2/h59-61H,6-58H2,1-5H3/t60?,61-/m1/s1. The number of hydrogen-bond acceptors (Lipinski definition) is 6. The number of rotatable bonds is 58. The van der Waals surface area contributed by atoms with Gasteiger partial charge in [0.05, 0.1) is 0 Å². The molecule has 0 aliphatic rings. The number of carbonyl (C=O) groups is 3. The SMILES string of the molecule is CCCCCCCCCCCC(=O)OC[C@H](COC(=O)CCCCCCCCCCCCCCCCCCCCC(C)C)OC(=O)CCCCCCCCCCCCCCCCCCCCC(C)CC. The summed E-state index contributed by atoms with van der Waals surface area (Å²) in [5.74, 6) is 0.932. The molecular weight excluding hydrogens is 865 g/mol. The first-order valence-electron chi connectivity index (χ1n) is 31.8. The van der Waals surface area contributed by atoms with E-state index < -0.39 is 6.10 Å². The van der Waals surface area contributed by atoms with Gasteiger partial charge in [0.15, 0.2) is 6.10 Å². The minimum Gasteiger partial charge on any atom is -0.462 e. The zero-order valence-electron chi connectivity index (χ0n) is 48.2. The van der Waals surface area contributed by atoms with Crippen LogP contribution >= 0.6 is 0 Å². The Hall–Kier alpha value is -1.59. The molecule has 0 fully saturated rings. The van der Waals surface area contributed by atoms with Gasteiger partial charge in [0.1, 0.15) is 13.2 Å². The molecule has 0 saturated carbocycles. The normalized spacial score (nSPS) is 12.4. The van der Waals surface area contributed by atoms with Crippen LogP contribution in [0.25, 0.3) is 0 Å². The smallest absolute Gasteiger partial charge is 0.306 e. The van der Waals surface area contributed by atoms with E-state index in [0.29, 0.717) is 19.3 Å². The molecule has 0 bridgehead atoms. The first-order chi connectivity index (χ1) is 34.3. The van der Waals surface area contributed by atoms with Crippen molar-refractivity contribution in [3.05, 3.63) is 0 Å². The maximum atomic E-state index is 12.9. The highest BCUT2D eigenvalue weighted by atomic mass is 16.6. The predicted molar refractivity (Wildman–Crippen MR) is 303 cm³/mol. The van der Waals surface area contributed by atoms with Crippen LogP contribution in [0, 0.1) is 11.8 Å². The zero-order chi connectivity index (χ0) is 51.1. The van der Waals surface area contributed by atoms with Crippen molar-refractivity contribution in [2.45, 2.75) is 368 Å². The molecule has 6 nitrogen and oxygen atoms in total. The minimum absolute atomic E-state index is 0.0621. The quantitative estimate of drug-likeness (QED) is 0.0343. The highest BCUT2D eigenvalue weighted by molar-refractivity contribution is 5.71. The van der Waals surface area contributed by atoms with Crippen LogP contribution in [0.5, 0.6) is 0 Å². The highest BCUT2D eigenvalue weighted by Gasteiger charge is 2.19. The molecule has 0 rings (SSSR count). The molecule has 0 aliphatic carbocycles. The van der Waals surface area contributed by atoms with Crippen molar-refractivity contribution in [2.75, 3.05) is 13.2 Å². The van der Waals surface area contributed by atoms with Crippen LogP contribution in [-0.4, -0.2) is 37.2 Å². The largest absolute Gasteiger partial charge is 0.462 e. The maximum Gasteiger partial charge on any atom is 0.306 e. The molecule has 0 aromatic heterocycles. The van der Waals surface area contributed by atoms with Gasteiger partial charge in [-0.3, -0.25) is 14.4 Å². The molecule has 0 amide bonds. The van der Waals surface area contributed by atoms with Gasteiger partial charge in [-0.15, -0.1) is 0 Å². The second-order valence-corrected chi connectivity index (χ2v) is 22.8. The molecule has 1 unspecified atom stereocenters. The van der Waals surface area contributed by atoms with E-state index in [1.807, 2.05) is 0 Å². The third kappa shape index (κ3) is 55.7. The monoisotopic (exact) mass is 989 g/mol. The zero-order valence-corrected chi connectivity index (χ0v) is 48.2. The van der Waals surface area contributed by atoms with Crippen molar-refractivity contribution in [1.29, 1.82) is 0 Å². The number of esters is 3. The maximum absolute atomic E-state index is 12.9. The number of hydrogen-bond donors (Lipinski definition) is 0. The lowest BCUT2D eigenvalue weighted by Crippen LogP contribution is -2.30. The van der Waals surface area contributed by atoms with E-state index in [-0.39, 0.29) is 31.1 Å². The van der Waals surface area contributed by atoms with E-state index >= 15 is 0 Å². The van der Waals surface area contributed by atoms with Crippen LogP contribution in [0.3, 0.4) is 0 Å². The Bertz CT molecular complexity index is 1070. The Morgan fingerprint density at radius 3 is 0.814 bits per heavy atom. The summed E-state index contributed by atoms with van der Waals surface area (Å²) in [5, 5.41) is 0. The van der Waals surface area contributed by atoms with Gasteiger partial charge in [-0.1, -0.05) is 324 Å². The van der Waals surface area contributed by atoms with Crippen molar-refractivity contribution in [3.63, 3.8) is 0 Å². The third-order valence-electron chi connectivity index (χ3n) is 15.1. The van der Waals surface area contributed by atoms with E-state index in [2.05, 4.69) is 34.6 Å². The topological polar surface area (TPSA) is 78.9 Å². The van der Waals surface area contributed by atoms with Crippen molar-refractivity contribution in [3.8, 4) is 0 Å². The summed E-state index contributed by atoms with van der Waals surface area (Å²) in [4.78, 5) is 38.2. The number of carbonyl (C=O) groups excluding carboxylic acids is 3. The lowest BCUT2D eigenvalue weighted by molar-refractivity contribution is -0.167. The van der Waals surface area contributed by atoms with Gasteiger partial charge < -0.3 is 14.2 Å². The summed E-state index contributed by atoms with van der Waals surface area (Å²) in [7, 11) is 0. The van der Waals surface area contributed by atoms with Gasteiger partial charge >= 0.3 is 17.9 Å². The lowest BCUT2D eigenvalue weighted by atomic mass is 9.99. The van der Waals surface area contributed by atoms with Crippen LogP contribution in [0.4, 0.5) is 0 Å². The Morgan fingerprint density at radius 2 is 0.543 bits per heavy atom. The first kappa shape index (κ1) is 68.4. The fraction of sp³-hybridized carbons (Fsp3) is 0.953. The van der Waals surface area contributed by atoms with Crippen LogP contribution < -0.4 is 0 Å². The van der Waals surface area contributed by atoms with E-state index in [1.165, 1.54) is 250 Å². The first-order valence-corrected chi connectivity index (χ1v) is 31.8. The second-order valence-electron chi connectivity index (χ2n) is 22.8. The molecule has 70 heavy (non-hydrogen) atoms. The number of ether oxygens (including phenoxy) is 3. The van der Waals surface area contributed by atoms with Crippen molar-refractivity contribution < 1.29 is 28.6 Å². The van der Waals surface area contributed by atoms with E-state index in [4.69, 9.17) is 14.2 Å². The van der Waals surface area contributed by atoms with Crippen molar-refractivity contribution >= 4 is 17.9 Å². The molecule has 0 heterocycles. The van der Waals surface area contributed by atoms with Gasteiger partial charge in [-0.2, -0.15) is 0 Å². The van der Waals surface area contributed by atoms with E-state index in [0.717, 1.165) is 69.6 Å². The van der Waals surface area contributed by atoms with Crippen LogP contribution in [0.1, 0.15) is 362 Å². The Balaban J connectivity index is 4.15. The predicted octanol–water partition coefficient (Wildman–Crippen LogP) is 21.2. The summed E-state index contributed by atoms with van der Waals surface area (Å²) in [6.07, 6.45) is 62.5. The molecule has 0 aromatic rings. The van der Waals surface area contributed by atoms with Gasteiger partial charge in [-0.25, -0.2) is 0 Å². The average molecular weight is 990 g/mol. The van der Waals surface area contributed by atoms with Gasteiger partial charge in [0.2, 0.25) is 0 Å². The summed E-state index contributed by atoms with van der Waals surface area (Å²) in [5.41, 5.74) is 0. The molecule has 416 valence electrons.